The van der Waals surface area contributed by atoms with Crippen molar-refractivity contribution in [2.75, 3.05) is 19.2 Å². The molecule has 0 saturated carbocycles. The van der Waals surface area contributed by atoms with Crippen LogP contribution in [0.3, 0.4) is 0 Å². The number of nitrogens with one attached hydrogen (secondary N) is 1. The number of carbonyl (C=O) groups is 1. The second-order valence-corrected chi connectivity index (χ2v) is 14.3. The molecule has 180 valence electrons. The van der Waals surface area contributed by atoms with Crippen molar-refractivity contribution >= 4 is 33.1 Å². The fourth-order valence-electron chi connectivity index (χ4n) is 2.82. The molecule has 1 saturated heterocycles. The maximum absolute atomic E-state index is 14.9. The molecule has 1 aliphatic heterocycles. The van der Waals surface area contributed by atoms with Gasteiger partial charge in [-0.1, -0.05) is 50.3 Å². The van der Waals surface area contributed by atoms with Crippen molar-refractivity contribution in [1.29, 1.82) is 0 Å². The lowest BCUT2D eigenvalue weighted by atomic mass is 9.66. The zero-order chi connectivity index (χ0) is 24.0. The summed E-state index contributed by atoms with van der Waals surface area (Å²) in [6.07, 6.45) is -5.72. The topological polar surface area (TPSA) is 56.8 Å². The Morgan fingerprint density at radius 3 is 2.42 bits per heavy atom. The van der Waals surface area contributed by atoms with Gasteiger partial charge in [0.25, 0.3) is 0 Å². The van der Waals surface area contributed by atoms with Crippen molar-refractivity contribution < 1.29 is 36.3 Å². The Morgan fingerprint density at radius 2 is 1.90 bits per heavy atom. The number of rotatable bonds is 10. The smallest absolute Gasteiger partial charge is 0.414 e. The lowest BCUT2D eigenvalue weighted by Gasteiger charge is -2.37. The first kappa shape index (κ1) is 28.4. The second-order valence-electron chi connectivity index (χ2n) is 9.28. The fourth-order valence-corrected chi connectivity index (χ4v) is 3.98. The highest BCUT2D eigenvalue weighted by atomic mass is 35.5. The molecule has 12 heteroatoms. The largest absolute Gasteiger partial charge is 0.471 e. The molecule has 0 aliphatic carbocycles. The number of hydrogen-bond acceptors (Lipinski definition) is 4. The molecule has 0 bridgehead atoms. The van der Waals surface area contributed by atoms with E-state index >= 15 is 0 Å². The molecule has 0 radical (unpaired) electrons. The van der Waals surface area contributed by atoms with Crippen LogP contribution in [-0.4, -0.2) is 71.3 Å². The van der Waals surface area contributed by atoms with Gasteiger partial charge in [-0.3, -0.25) is 4.79 Å². The molecule has 0 spiro atoms. The number of allylic oxidation sites excluding steroid dienone is 1. The monoisotopic (exact) mass is 489 g/mol. The zero-order valence-electron chi connectivity index (χ0n) is 18.9. The molecule has 0 aromatic heterocycles. The van der Waals surface area contributed by atoms with Crippen LogP contribution in [0, 0.1) is 0 Å². The molecule has 2 unspecified atom stereocenters. The Bertz CT molecular complexity index is 631. The normalized spacial score (nSPS) is 25.6. The molecule has 1 rings (SSSR count). The Kier molecular flexibility index (Phi) is 10.5. The zero-order valence-corrected chi connectivity index (χ0v) is 20.7. The Labute approximate surface area is 188 Å². The molecule has 1 N–H and O–H groups in total. The van der Waals surface area contributed by atoms with Crippen LogP contribution in [0.25, 0.3) is 0 Å². The average Bonchev–Trinajstić information content (AvgIpc) is 2.92. The number of ether oxygens (including phenoxy) is 2. The molecule has 1 heterocycles. The van der Waals surface area contributed by atoms with E-state index in [1.807, 2.05) is 0 Å². The van der Waals surface area contributed by atoms with Gasteiger partial charge in [0, 0.05) is 6.54 Å². The summed E-state index contributed by atoms with van der Waals surface area (Å²) in [5.74, 6) is -1.99. The Morgan fingerprint density at radius 1 is 1.29 bits per heavy atom. The van der Waals surface area contributed by atoms with Gasteiger partial charge < -0.3 is 19.2 Å². The highest BCUT2D eigenvalue weighted by molar-refractivity contribution is 6.74. The number of alkyl halides is 5. The average molecular weight is 490 g/mol. The molecular formula is C19H33BClF4NO4Si. The fraction of sp³-hybridized carbons (Fsp3) is 0.842. The van der Waals surface area contributed by atoms with E-state index in [2.05, 4.69) is 33.9 Å². The van der Waals surface area contributed by atoms with Crippen LogP contribution < -0.4 is 5.32 Å². The summed E-state index contributed by atoms with van der Waals surface area (Å²) >= 11 is 5.66. The highest BCUT2D eigenvalue weighted by Crippen LogP contribution is 2.37. The van der Waals surface area contributed by atoms with Gasteiger partial charge in [0.2, 0.25) is 0 Å². The molecular weight excluding hydrogens is 457 g/mol. The Hall–Kier alpha value is -0.618. The first-order valence-corrected chi connectivity index (χ1v) is 13.7. The summed E-state index contributed by atoms with van der Waals surface area (Å²) in [5, 5.41) is 1.79. The number of amides is 1. The van der Waals surface area contributed by atoms with Gasteiger partial charge in [0.1, 0.15) is 24.4 Å². The van der Waals surface area contributed by atoms with Crippen molar-refractivity contribution in [2.45, 2.75) is 82.7 Å². The molecule has 1 aliphatic rings. The van der Waals surface area contributed by atoms with Gasteiger partial charge in [0.15, 0.2) is 15.6 Å². The third-order valence-electron chi connectivity index (χ3n) is 5.78. The summed E-state index contributed by atoms with van der Waals surface area (Å²) in [5.41, 5.74) is 0.539. The van der Waals surface area contributed by atoms with Crippen LogP contribution in [0.1, 0.15) is 27.7 Å². The van der Waals surface area contributed by atoms with Crippen molar-refractivity contribution in [1.82, 2.24) is 5.32 Å². The third-order valence-corrected chi connectivity index (χ3v) is 10.4. The predicted molar refractivity (Wildman–Crippen MR) is 117 cm³/mol. The lowest BCUT2D eigenvalue weighted by Crippen LogP contribution is -2.44. The summed E-state index contributed by atoms with van der Waals surface area (Å²) in [6, 6.07) is -0.912. The van der Waals surface area contributed by atoms with Crippen LogP contribution in [0.5, 0.6) is 0 Å². The van der Waals surface area contributed by atoms with E-state index in [9.17, 15) is 22.4 Å². The molecule has 1 fully saturated rings. The van der Waals surface area contributed by atoms with E-state index in [4.69, 9.17) is 25.5 Å². The van der Waals surface area contributed by atoms with E-state index in [1.165, 1.54) is 0 Å². The van der Waals surface area contributed by atoms with E-state index < -0.39 is 44.8 Å². The van der Waals surface area contributed by atoms with E-state index in [-0.39, 0.29) is 24.3 Å². The molecule has 0 aromatic carbocycles. The van der Waals surface area contributed by atoms with Crippen LogP contribution in [0.15, 0.2) is 11.6 Å². The van der Waals surface area contributed by atoms with Gasteiger partial charge in [-0.15, -0.1) is 0 Å². The minimum Gasteiger partial charge on any atom is -0.414 e. The third kappa shape index (κ3) is 8.68. The first-order valence-electron chi connectivity index (χ1n) is 10.2. The van der Waals surface area contributed by atoms with Gasteiger partial charge in [-0.2, -0.15) is 13.2 Å². The molecule has 1 amide bonds. The van der Waals surface area contributed by atoms with Crippen molar-refractivity contribution in [3.05, 3.63) is 11.6 Å². The maximum atomic E-state index is 14.9. The standard InChI is InChI=1S/C19H33BClF4NO4Si/c1-12(9-26-17(27)19(23,24)25)7-8-20-16-14(22)15(28-11-21)13(30-16)10-29-31(5,6)18(2,3)4/h7,13-16,20H,8-11H2,1-6H3,(H,26,27)/b12-7+/t13-,14?,15?,16-/m1/s1. The van der Waals surface area contributed by atoms with Crippen molar-refractivity contribution in [2.24, 2.45) is 0 Å². The van der Waals surface area contributed by atoms with Gasteiger partial charge in [-0.25, -0.2) is 4.39 Å². The molecule has 5 nitrogen and oxygen atoms in total. The van der Waals surface area contributed by atoms with Crippen LogP contribution in [-0.2, 0) is 18.7 Å². The minimum atomic E-state index is -4.92. The first-order chi connectivity index (χ1) is 14.1. The second kappa shape index (κ2) is 11.5. The van der Waals surface area contributed by atoms with Crippen LogP contribution >= 0.6 is 11.6 Å². The minimum absolute atomic E-state index is 0.00713. The number of carbonyl (C=O) groups excluding carboxylic acids is 1. The van der Waals surface area contributed by atoms with Gasteiger partial charge >= 0.3 is 12.1 Å². The predicted octanol–water partition coefficient (Wildman–Crippen LogP) is 4.13. The van der Waals surface area contributed by atoms with Gasteiger partial charge in [0.05, 0.1) is 12.6 Å². The lowest BCUT2D eigenvalue weighted by molar-refractivity contribution is -0.173. The summed E-state index contributed by atoms with van der Waals surface area (Å²) in [4.78, 5) is 10.9. The maximum Gasteiger partial charge on any atom is 0.471 e. The van der Waals surface area contributed by atoms with Gasteiger partial charge in [-0.05, 0) is 25.1 Å². The summed E-state index contributed by atoms with van der Waals surface area (Å²) in [7, 11) is -1.75. The van der Waals surface area contributed by atoms with E-state index in [1.54, 1.807) is 18.3 Å². The van der Waals surface area contributed by atoms with Crippen molar-refractivity contribution in [3.63, 3.8) is 0 Å². The van der Waals surface area contributed by atoms with E-state index in [0.29, 0.717) is 19.2 Å². The summed E-state index contributed by atoms with van der Waals surface area (Å²) in [6.45, 7) is 12.1. The Balaban J connectivity index is 2.62. The van der Waals surface area contributed by atoms with E-state index in [0.717, 1.165) is 0 Å². The highest BCUT2D eigenvalue weighted by Gasteiger charge is 2.47. The van der Waals surface area contributed by atoms with Crippen LogP contribution in [0.4, 0.5) is 17.6 Å². The van der Waals surface area contributed by atoms with Crippen molar-refractivity contribution in [3.8, 4) is 0 Å². The van der Waals surface area contributed by atoms with Crippen LogP contribution in [0.2, 0.25) is 24.5 Å². The molecule has 4 atom stereocenters. The summed E-state index contributed by atoms with van der Waals surface area (Å²) < 4.78 is 68.9. The quantitative estimate of drug-likeness (QED) is 0.217. The SMILES string of the molecule is C/C(=C\CB[C@@H]1O[C@H](CO[Si](C)(C)C(C)(C)C)C(OCCl)C1F)CNC(=O)C(F)(F)F. The number of halogens is 5. The number of hydrogen-bond donors (Lipinski definition) is 1. The molecule has 31 heavy (non-hydrogen) atoms. The molecule has 0 aromatic rings.